The molecular formula is C28H34F3N5O4. The predicted molar refractivity (Wildman–Crippen MR) is 144 cm³/mol. The van der Waals surface area contributed by atoms with Gasteiger partial charge in [-0.15, -0.1) is 0 Å². The lowest BCUT2D eigenvalue weighted by atomic mass is 9.79. The van der Waals surface area contributed by atoms with Crippen LogP contribution in [0.4, 0.5) is 19.1 Å². The zero-order chi connectivity index (χ0) is 29.3. The lowest BCUT2D eigenvalue weighted by molar-refractivity contribution is -0.0469. The monoisotopic (exact) mass is 561 g/mol. The van der Waals surface area contributed by atoms with Crippen LogP contribution in [-0.2, 0) is 23.4 Å². The van der Waals surface area contributed by atoms with Gasteiger partial charge in [-0.25, -0.2) is 27.3 Å². The van der Waals surface area contributed by atoms with Crippen molar-refractivity contribution in [1.29, 1.82) is 0 Å². The number of nitrogens with two attached hydrogens (primary N) is 1. The number of ether oxygens (including phenoxy) is 1. The predicted octanol–water partition coefficient (Wildman–Crippen LogP) is 3.39. The van der Waals surface area contributed by atoms with E-state index < -0.39 is 45.5 Å². The van der Waals surface area contributed by atoms with Crippen LogP contribution in [0.15, 0.2) is 69.3 Å². The van der Waals surface area contributed by atoms with Crippen LogP contribution in [-0.4, -0.2) is 38.2 Å². The topological polar surface area (TPSA) is 124 Å². The highest BCUT2D eigenvalue weighted by atomic mass is 19.2. The second-order valence-electron chi connectivity index (χ2n) is 10.9. The molecule has 0 amide bonds. The van der Waals surface area contributed by atoms with Crippen LogP contribution in [0.1, 0.15) is 45.6 Å². The van der Waals surface area contributed by atoms with E-state index in [0.29, 0.717) is 6.42 Å². The molecule has 0 bridgehead atoms. The van der Waals surface area contributed by atoms with Gasteiger partial charge in [-0.05, 0) is 43.6 Å². The van der Waals surface area contributed by atoms with Crippen LogP contribution in [0, 0.1) is 11.2 Å². The molecule has 12 heteroatoms. The summed E-state index contributed by atoms with van der Waals surface area (Å²) >= 11 is 0. The summed E-state index contributed by atoms with van der Waals surface area (Å²) in [6.07, 6.45) is 4.71. The van der Waals surface area contributed by atoms with Crippen molar-refractivity contribution in [3.8, 4) is 0 Å². The normalized spacial score (nSPS) is 22.1. The largest absolute Gasteiger partial charge is 0.376 e. The number of nitrogens with one attached hydrogen (secondary N) is 1. The quantitative estimate of drug-likeness (QED) is 0.300. The first-order valence-corrected chi connectivity index (χ1v) is 13.1. The van der Waals surface area contributed by atoms with Crippen molar-refractivity contribution in [3.05, 3.63) is 92.1 Å². The van der Waals surface area contributed by atoms with Crippen molar-refractivity contribution in [2.45, 2.75) is 64.4 Å². The van der Waals surface area contributed by atoms with Gasteiger partial charge < -0.3 is 20.9 Å². The molecule has 0 saturated carbocycles. The lowest BCUT2D eigenvalue weighted by Crippen LogP contribution is -2.56. The lowest BCUT2D eigenvalue weighted by Gasteiger charge is -2.43. The summed E-state index contributed by atoms with van der Waals surface area (Å²) in [6, 6.07) is 6.05. The minimum Gasteiger partial charge on any atom is -0.376 e. The van der Waals surface area contributed by atoms with Gasteiger partial charge in [0, 0.05) is 30.5 Å². The summed E-state index contributed by atoms with van der Waals surface area (Å²) in [6.45, 7) is 4.61. The van der Waals surface area contributed by atoms with Crippen LogP contribution in [0.3, 0.4) is 0 Å². The van der Waals surface area contributed by atoms with Gasteiger partial charge in [0.1, 0.15) is 17.1 Å². The molecule has 40 heavy (non-hydrogen) atoms. The van der Waals surface area contributed by atoms with E-state index in [1.54, 1.807) is 25.1 Å². The van der Waals surface area contributed by atoms with Gasteiger partial charge in [0.05, 0.1) is 13.2 Å². The molecule has 2 heterocycles. The number of anilines is 1. The minimum absolute atomic E-state index is 0.0374. The van der Waals surface area contributed by atoms with E-state index >= 15 is 0 Å². The Hall–Kier alpha value is -3.48. The van der Waals surface area contributed by atoms with Crippen molar-refractivity contribution < 1.29 is 23.0 Å². The van der Waals surface area contributed by atoms with Crippen molar-refractivity contribution >= 4 is 5.95 Å². The third-order valence-corrected chi connectivity index (χ3v) is 7.21. The van der Waals surface area contributed by atoms with Crippen molar-refractivity contribution in [1.82, 2.24) is 14.1 Å². The number of nitrogens with zero attached hydrogens (tertiary/aromatic N) is 3. The first kappa shape index (κ1) is 29.5. The molecule has 1 aromatic heterocycles. The molecular weight excluding hydrogens is 527 g/mol. The van der Waals surface area contributed by atoms with Gasteiger partial charge in [0.15, 0.2) is 11.7 Å². The molecule has 1 aromatic carbocycles. The highest BCUT2D eigenvalue weighted by Gasteiger charge is 2.44. The van der Waals surface area contributed by atoms with Crippen LogP contribution in [0.5, 0.6) is 0 Å². The van der Waals surface area contributed by atoms with Crippen molar-refractivity contribution in [2.75, 3.05) is 18.5 Å². The fourth-order valence-corrected chi connectivity index (χ4v) is 5.09. The number of halogens is 3. The number of allylic oxidation sites excluding steroid dienone is 5. The summed E-state index contributed by atoms with van der Waals surface area (Å²) in [7, 11) is 0. The number of rotatable bonds is 10. The molecule has 0 spiro atoms. The molecule has 4 rings (SSSR count). The zero-order valence-electron chi connectivity index (χ0n) is 22.7. The average Bonchev–Trinajstić information content (AvgIpc) is 2.86. The highest BCUT2D eigenvalue weighted by molar-refractivity contribution is 5.41. The van der Waals surface area contributed by atoms with Crippen LogP contribution in [0.25, 0.3) is 0 Å². The number of aromatic nitrogens is 3. The first-order valence-electron chi connectivity index (χ1n) is 13.1. The summed E-state index contributed by atoms with van der Waals surface area (Å²) in [5.41, 5.74) is 0.657. The highest BCUT2D eigenvalue weighted by Crippen LogP contribution is 2.40. The van der Waals surface area contributed by atoms with Crippen LogP contribution in [0.2, 0.25) is 0 Å². The Bertz CT molecular complexity index is 1490. The molecule has 1 fully saturated rings. The van der Waals surface area contributed by atoms with Crippen molar-refractivity contribution in [3.63, 3.8) is 0 Å². The number of hydrogen-bond donors (Lipinski definition) is 3. The van der Waals surface area contributed by atoms with Gasteiger partial charge in [-0.1, -0.05) is 38.1 Å². The van der Waals surface area contributed by atoms with Gasteiger partial charge >= 0.3 is 11.4 Å². The molecule has 9 nitrogen and oxygen atoms in total. The zero-order valence-corrected chi connectivity index (χ0v) is 22.7. The van der Waals surface area contributed by atoms with Gasteiger partial charge in [-0.2, -0.15) is 4.98 Å². The maximum absolute atomic E-state index is 14.8. The third-order valence-electron chi connectivity index (χ3n) is 7.21. The maximum Gasteiger partial charge on any atom is 0.354 e. The van der Waals surface area contributed by atoms with E-state index in [4.69, 9.17) is 10.5 Å². The van der Waals surface area contributed by atoms with Crippen LogP contribution < -0.4 is 22.4 Å². The molecule has 1 aliphatic heterocycles. The number of hydrogen-bond acceptors (Lipinski definition) is 7. The first-order chi connectivity index (χ1) is 18.8. The molecule has 4 N–H and O–H groups in total. The van der Waals surface area contributed by atoms with E-state index in [1.807, 2.05) is 6.92 Å². The standard InChI is InChI=1S/C28H34F3N5O4/c1-4-5-10-28(32,39)11-12-35-24(37)33-23(34-27(16-40-17-27)19-8-6-7-9-20(19)29)36(25(35)38)15-26(3)13-18(2)22(31)21(30)14-26/h5-10,14,39H,4,11-13,15-17,32H2,1-3H3,(H,33,34,37)/b10-5-. The van der Waals surface area contributed by atoms with E-state index in [9.17, 15) is 27.9 Å². The Balaban J connectivity index is 1.79. The van der Waals surface area contributed by atoms with E-state index in [0.717, 1.165) is 15.2 Å². The molecule has 1 aliphatic carbocycles. The molecule has 1 saturated heterocycles. The van der Waals surface area contributed by atoms with E-state index in [-0.39, 0.29) is 56.2 Å². The maximum atomic E-state index is 14.8. The Morgan fingerprint density at radius 3 is 2.52 bits per heavy atom. The summed E-state index contributed by atoms with van der Waals surface area (Å²) < 4.78 is 50.8. The molecule has 2 aromatic rings. The van der Waals surface area contributed by atoms with E-state index in [2.05, 4.69) is 10.3 Å². The average molecular weight is 562 g/mol. The Morgan fingerprint density at radius 2 is 1.93 bits per heavy atom. The molecule has 2 atom stereocenters. The van der Waals surface area contributed by atoms with Crippen LogP contribution >= 0.6 is 0 Å². The number of benzene rings is 1. The van der Waals surface area contributed by atoms with Gasteiger partial charge in [0.25, 0.3) is 0 Å². The second-order valence-corrected chi connectivity index (χ2v) is 10.9. The molecule has 2 unspecified atom stereocenters. The fourth-order valence-electron chi connectivity index (χ4n) is 5.09. The van der Waals surface area contributed by atoms with Gasteiger partial charge in [-0.3, -0.25) is 4.57 Å². The Labute approximate surface area is 229 Å². The van der Waals surface area contributed by atoms with Gasteiger partial charge in [0.2, 0.25) is 5.95 Å². The SMILES string of the molecule is CC/C=C\C(N)(O)CCn1c(=O)nc(NC2(c3ccccc3F)COC2)n(CC2(C)C=C(F)C(F)=C(C)C2)c1=O. The fraction of sp³-hybridized carbons (Fsp3) is 0.464. The molecule has 2 aliphatic rings. The number of aliphatic hydroxyl groups is 1. The Morgan fingerprint density at radius 1 is 1.23 bits per heavy atom. The molecule has 0 radical (unpaired) electrons. The van der Waals surface area contributed by atoms with E-state index in [1.165, 1.54) is 25.1 Å². The minimum atomic E-state index is -1.78. The van der Waals surface area contributed by atoms with Crippen molar-refractivity contribution in [2.24, 2.45) is 11.1 Å². The molecule has 216 valence electrons. The summed E-state index contributed by atoms with van der Waals surface area (Å²) in [4.78, 5) is 31.0. The smallest absolute Gasteiger partial charge is 0.354 e. The Kier molecular flexibility index (Phi) is 8.25. The summed E-state index contributed by atoms with van der Waals surface area (Å²) in [5.74, 6) is -2.67. The summed E-state index contributed by atoms with van der Waals surface area (Å²) in [5, 5.41) is 13.5. The third kappa shape index (κ3) is 5.98. The second kappa shape index (κ2) is 11.2.